The van der Waals surface area contributed by atoms with Crippen LogP contribution in [0.1, 0.15) is 46.0 Å². The normalized spacial score (nSPS) is 20.5. The van der Waals surface area contributed by atoms with Crippen LogP contribution in [0.5, 0.6) is 0 Å². The SMILES string of the molecule is CC(C)C(N)CC(=O)NCC1(CO)CCCC1. The van der Waals surface area contributed by atoms with Gasteiger partial charge in [-0.05, 0) is 18.8 Å². The third-order valence-electron chi connectivity index (χ3n) is 3.94. The summed E-state index contributed by atoms with van der Waals surface area (Å²) in [5.41, 5.74) is 5.78. The van der Waals surface area contributed by atoms with Gasteiger partial charge >= 0.3 is 0 Å². The Kier molecular flexibility index (Phi) is 5.40. The molecule has 1 aliphatic rings. The number of nitrogens with two attached hydrogens (primary N) is 1. The van der Waals surface area contributed by atoms with Crippen LogP contribution < -0.4 is 11.1 Å². The second-order valence-electron chi connectivity index (χ2n) is 5.75. The Bertz CT molecular complexity index is 248. The molecule has 0 aromatic heterocycles. The lowest BCUT2D eigenvalue weighted by molar-refractivity contribution is -0.122. The second-order valence-corrected chi connectivity index (χ2v) is 5.75. The van der Waals surface area contributed by atoms with Gasteiger partial charge in [-0.1, -0.05) is 26.7 Å². The van der Waals surface area contributed by atoms with Crippen molar-refractivity contribution in [1.82, 2.24) is 5.32 Å². The maximum atomic E-state index is 11.7. The topological polar surface area (TPSA) is 75.4 Å². The van der Waals surface area contributed by atoms with Crippen LogP contribution in [-0.4, -0.2) is 30.2 Å². The molecule has 0 heterocycles. The van der Waals surface area contributed by atoms with Crippen LogP contribution in [0.25, 0.3) is 0 Å². The highest BCUT2D eigenvalue weighted by Crippen LogP contribution is 2.36. The maximum Gasteiger partial charge on any atom is 0.221 e. The van der Waals surface area contributed by atoms with Gasteiger partial charge in [0.2, 0.25) is 5.91 Å². The van der Waals surface area contributed by atoms with Gasteiger partial charge in [-0.15, -0.1) is 0 Å². The average Bonchev–Trinajstić information content (AvgIpc) is 2.75. The molecule has 1 atom stereocenters. The van der Waals surface area contributed by atoms with E-state index >= 15 is 0 Å². The second kappa shape index (κ2) is 6.36. The van der Waals surface area contributed by atoms with Gasteiger partial charge in [-0.25, -0.2) is 0 Å². The van der Waals surface area contributed by atoms with E-state index in [1.54, 1.807) is 0 Å². The molecule has 17 heavy (non-hydrogen) atoms. The molecule has 0 bridgehead atoms. The molecule has 4 heteroatoms. The van der Waals surface area contributed by atoms with Gasteiger partial charge in [-0.2, -0.15) is 0 Å². The number of aliphatic hydroxyl groups is 1. The Hall–Kier alpha value is -0.610. The minimum absolute atomic E-state index is 0.00549. The summed E-state index contributed by atoms with van der Waals surface area (Å²) in [6.45, 7) is 4.80. The van der Waals surface area contributed by atoms with E-state index in [1.807, 2.05) is 13.8 Å². The van der Waals surface area contributed by atoms with Crippen molar-refractivity contribution in [3.63, 3.8) is 0 Å². The van der Waals surface area contributed by atoms with Gasteiger partial charge in [0, 0.05) is 24.4 Å². The van der Waals surface area contributed by atoms with E-state index in [9.17, 15) is 9.90 Å². The van der Waals surface area contributed by atoms with Crippen LogP contribution in [0.3, 0.4) is 0 Å². The molecule has 1 rings (SSSR count). The summed E-state index contributed by atoms with van der Waals surface area (Å²) in [6.07, 6.45) is 4.71. The van der Waals surface area contributed by atoms with Crippen molar-refractivity contribution >= 4 is 5.91 Å². The van der Waals surface area contributed by atoms with Gasteiger partial charge in [-0.3, -0.25) is 4.79 Å². The lowest BCUT2D eigenvalue weighted by Crippen LogP contribution is -2.41. The smallest absolute Gasteiger partial charge is 0.221 e. The maximum absolute atomic E-state index is 11.7. The molecule has 1 amide bonds. The highest BCUT2D eigenvalue weighted by molar-refractivity contribution is 5.76. The summed E-state index contributed by atoms with van der Waals surface area (Å²) in [7, 11) is 0. The molecule has 0 saturated heterocycles. The molecule has 1 saturated carbocycles. The summed E-state index contributed by atoms with van der Waals surface area (Å²) in [5.74, 6) is 0.324. The molecule has 1 fully saturated rings. The van der Waals surface area contributed by atoms with Crippen molar-refractivity contribution < 1.29 is 9.90 Å². The predicted octanol–water partition coefficient (Wildman–Crippen LogP) is 1.03. The Morgan fingerprint density at radius 2 is 2.00 bits per heavy atom. The summed E-state index contributed by atoms with van der Waals surface area (Å²) >= 11 is 0. The van der Waals surface area contributed by atoms with Crippen molar-refractivity contribution in [1.29, 1.82) is 0 Å². The highest BCUT2D eigenvalue weighted by atomic mass is 16.3. The minimum Gasteiger partial charge on any atom is -0.396 e. The monoisotopic (exact) mass is 242 g/mol. The number of aliphatic hydroxyl groups excluding tert-OH is 1. The lowest BCUT2D eigenvalue weighted by atomic mass is 9.87. The third-order valence-corrected chi connectivity index (χ3v) is 3.94. The zero-order valence-corrected chi connectivity index (χ0v) is 11.0. The molecule has 1 unspecified atom stereocenters. The first-order chi connectivity index (χ1) is 7.99. The van der Waals surface area contributed by atoms with E-state index in [4.69, 9.17) is 5.73 Å². The van der Waals surface area contributed by atoms with Crippen LogP contribution in [-0.2, 0) is 4.79 Å². The van der Waals surface area contributed by atoms with Gasteiger partial charge < -0.3 is 16.2 Å². The van der Waals surface area contributed by atoms with E-state index in [1.165, 1.54) is 0 Å². The Labute approximate surface area is 104 Å². The Morgan fingerprint density at radius 1 is 1.41 bits per heavy atom. The van der Waals surface area contributed by atoms with Crippen LogP contribution in [0, 0.1) is 11.3 Å². The molecule has 0 aromatic rings. The Balaban J connectivity index is 2.32. The molecule has 1 aliphatic carbocycles. The highest BCUT2D eigenvalue weighted by Gasteiger charge is 2.33. The Morgan fingerprint density at radius 3 is 2.47 bits per heavy atom. The van der Waals surface area contributed by atoms with Crippen LogP contribution in [0.15, 0.2) is 0 Å². The average molecular weight is 242 g/mol. The molecule has 4 N–H and O–H groups in total. The number of carbonyl (C=O) groups is 1. The van der Waals surface area contributed by atoms with E-state index in [0.717, 1.165) is 25.7 Å². The van der Waals surface area contributed by atoms with Crippen molar-refractivity contribution in [2.45, 2.75) is 52.0 Å². The zero-order valence-electron chi connectivity index (χ0n) is 11.0. The summed E-state index contributed by atoms with van der Waals surface area (Å²) in [5, 5.41) is 12.3. The molecule has 4 nitrogen and oxygen atoms in total. The van der Waals surface area contributed by atoms with E-state index in [-0.39, 0.29) is 24.0 Å². The fourth-order valence-corrected chi connectivity index (χ4v) is 2.32. The number of rotatable bonds is 6. The first-order valence-electron chi connectivity index (χ1n) is 6.62. The van der Waals surface area contributed by atoms with Crippen LogP contribution in [0.4, 0.5) is 0 Å². The van der Waals surface area contributed by atoms with Crippen LogP contribution in [0.2, 0.25) is 0 Å². The molecule has 0 radical (unpaired) electrons. The van der Waals surface area contributed by atoms with Gasteiger partial charge in [0.05, 0.1) is 6.61 Å². The predicted molar refractivity (Wildman–Crippen MR) is 68.4 cm³/mol. The number of carbonyl (C=O) groups excluding carboxylic acids is 1. The minimum atomic E-state index is -0.0799. The van der Waals surface area contributed by atoms with E-state index < -0.39 is 0 Å². The number of hydrogen-bond acceptors (Lipinski definition) is 3. The molecular weight excluding hydrogens is 216 g/mol. The standard InChI is InChI=1S/C13H26N2O2/c1-10(2)11(14)7-12(17)15-8-13(9-16)5-3-4-6-13/h10-11,16H,3-9,14H2,1-2H3,(H,15,17). The van der Waals surface area contributed by atoms with Crippen molar-refractivity contribution in [2.75, 3.05) is 13.2 Å². The van der Waals surface area contributed by atoms with Gasteiger partial charge in [0.15, 0.2) is 0 Å². The molecular formula is C13H26N2O2. The number of amides is 1. The van der Waals surface area contributed by atoms with Gasteiger partial charge in [0.1, 0.15) is 0 Å². The number of hydrogen-bond donors (Lipinski definition) is 3. The summed E-state index contributed by atoms with van der Waals surface area (Å²) in [6, 6.07) is -0.0799. The fourth-order valence-electron chi connectivity index (χ4n) is 2.32. The van der Waals surface area contributed by atoms with Crippen LogP contribution >= 0.6 is 0 Å². The van der Waals surface area contributed by atoms with E-state index in [2.05, 4.69) is 5.32 Å². The van der Waals surface area contributed by atoms with Gasteiger partial charge in [0.25, 0.3) is 0 Å². The molecule has 100 valence electrons. The first-order valence-corrected chi connectivity index (χ1v) is 6.62. The van der Waals surface area contributed by atoms with Crippen molar-refractivity contribution in [3.05, 3.63) is 0 Å². The summed E-state index contributed by atoms with van der Waals surface area (Å²) in [4.78, 5) is 11.7. The third kappa shape index (κ3) is 4.28. The largest absolute Gasteiger partial charge is 0.396 e. The molecule has 0 aromatic carbocycles. The zero-order chi connectivity index (χ0) is 12.9. The quantitative estimate of drug-likeness (QED) is 0.651. The fraction of sp³-hybridized carbons (Fsp3) is 0.923. The van der Waals surface area contributed by atoms with Crippen molar-refractivity contribution in [3.8, 4) is 0 Å². The van der Waals surface area contributed by atoms with Crippen molar-refractivity contribution in [2.24, 2.45) is 17.1 Å². The summed E-state index contributed by atoms with van der Waals surface area (Å²) < 4.78 is 0. The van der Waals surface area contributed by atoms with E-state index in [0.29, 0.717) is 18.9 Å². The number of nitrogens with one attached hydrogen (secondary N) is 1. The molecule has 0 aliphatic heterocycles. The first kappa shape index (κ1) is 14.5. The lowest BCUT2D eigenvalue weighted by Gasteiger charge is -2.27. The molecule has 0 spiro atoms.